The quantitative estimate of drug-likeness (QED) is 0.571. The van der Waals surface area contributed by atoms with Crippen molar-refractivity contribution in [2.75, 3.05) is 5.32 Å². The molecule has 0 fully saturated rings. The van der Waals surface area contributed by atoms with Gasteiger partial charge in [0, 0.05) is 12.1 Å². The Morgan fingerprint density at radius 1 is 1.04 bits per heavy atom. The third-order valence-electron chi connectivity index (χ3n) is 3.97. The van der Waals surface area contributed by atoms with Crippen molar-refractivity contribution in [1.82, 2.24) is 20.2 Å². The second-order valence-electron chi connectivity index (χ2n) is 6.02. The number of halogens is 1. The fourth-order valence-corrected chi connectivity index (χ4v) is 2.83. The molecule has 4 aromatic rings. The summed E-state index contributed by atoms with van der Waals surface area (Å²) in [5, 5.41) is 10.5. The molecule has 0 saturated heterocycles. The minimum Gasteiger partial charge on any atom is -0.423 e. The van der Waals surface area contributed by atoms with E-state index < -0.39 is 5.82 Å². The van der Waals surface area contributed by atoms with E-state index in [0.29, 0.717) is 18.1 Å². The Balaban J connectivity index is 1.67. The fraction of sp³-hybridized carbons (Fsp3) is 0.100. The average Bonchev–Trinajstić information content (AvgIpc) is 3.16. The molecule has 134 valence electrons. The maximum atomic E-state index is 14.4. The van der Waals surface area contributed by atoms with Crippen LogP contribution in [0.2, 0.25) is 0 Å². The van der Waals surface area contributed by atoms with Gasteiger partial charge in [-0.3, -0.25) is 0 Å². The summed E-state index contributed by atoms with van der Waals surface area (Å²) in [5.41, 5.74) is 3.47. The van der Waals surface area contributed by atoms with Crippen LogP contribution in [0.25, 0.3) is 11.5 Å². The van der Waals surface area contributed by atoms with Crippen LogP contribution in [0.1, 0.15) is 17.0 Å². The van der Waals surface area contributed by atoms with Gasteiger partial charge in [0.05, 0.1) is 16.9 Å². The second kappa shape index (κ2) is 7.33. The molecule has 4 rings (SSSR count). The maximum Gasteiger partial charge on any atom is 0.252 e. The van der Waals surface area contributed by atoms with Crippen LogP contribution in [0.3, 0.4) is 0 Å². The molecule has 0 aliphatic rings. The zero-order chi connectivity index (χ0) is 18.6. The molecule has 2 aromatic carbocycles. The van der Waals surface area contributed by atoms with Gasteiger partial charge in [-0.2, -0.15) is 0 Å². The predicted molar refractivity (Wildman–Crippen MR) is 99.0 cm³/mol. The van der Waals surface area contributed by atoms with E-state index in [1.807, 2.05) is 43.3 Å². The van der Waals surface area contributed by atoms with E-state index in [0.717, 1.165) is 23.3 Å². The first kappa shape index (κ1) is 16.8. The largest absolute Gasteiger partial charge is 0.423 e. The highest BCUT2D eigenvalue weighted by Crippen LogP contribution is 2.30. The first-order valence-electron chi connectivity index (χ1n) is 8.39. The normalized spacial score (nSPS) is 10.7. The van der Waals surface area contributed by atoms with Crippen LogP contribution in [0, 0.1) is 12.7 Å². The van der Waals surface area contributed by atoms with Crippen LogP contribution in [-0.2, 0) is 6.42 Å². The number of hydrogen-bond donors (Lipinski definition) is 1. The molecule has 2 aromatic heterocycles. The Labute approximate surface area is 155 Å². The van der Waals surface area contributed by atoms with Crippen molar-refractivity contribution in [3.63, 3.8) is 0 Å². The molecule has 0 bridgehead atoms. The fourth-order valence-electron chi connectivity index (χ4n) is 2.83. The van der Waals surface area contributed by atoms with E-state index in [4.69, 9.17) is 4.42 Å². The molecule has 0 amide bonds. The average molecular weight is 361 g/mol. The van der Waals surface area contributed by atoms with Gasteiger partial charge in [-0.25, -0.2) is 14.4 Å². The Hall–Kier alpha value is -3.61. The third-order valence-corrected chi connectivity index (χ3v) is 3.97. The van der Waals surface area contributed by atoms with E-state index >= 15 is 0 Å². The summed E-state index contributed by atoms with van der Waals surface area (Å²) in [5.74, 6) is 0.00136. The summed E-state index contributed by atoms with van der Waals surface area (Å²) in [6.07, 6.45) is 1.84. The van der Waals surface area contributed by atoms with Gasteiger partial charge >= 0.3 is 0 Å². The molecule has 0 aliphatic carbocycles. The minimum absolute atomic E-state index is 0.0905. The lowest BCUT2D eigenvalue weighted by Crippen LogP contribution is -2.04. The van der Waals surface area contributed by atoms with Crippen molar-refractivity contribution < 1.29 is 8.81 Å². The molecule has 0 aliphatic heterocycles. The Kier molecular flexibility index (Phi) is 4.57. The highest BCUT2D eigenvalue weighted by atomic mass is 19.1. The lowest BCUT2D eigenvalue weighted by Gasteiger charge is -2.11. The third kappa shape index (κ3) is 3.82. The number of benzene rings is 2. The summed E-state index contributed by atoms with van der Waals surface area (Å²) in [4.78, 5) is 8.98. The summed E-state index contributed by atoms with van der Waals surface area (Å²) < 4.78 is 19.5. The van der Waals surface area contributed by atoms with E-state index in [1.54, 1.807) is 12.1 Å². The van der Waals surface area contributed by atoms with Crippen LogP contribution in [0.5, 0.6) is 0 Å². The molecule has 0 saturated carbocycles. The van der Waals surface area contributed by atoms with Crippen molar-refractivity contribution in [2.24, 2.45) is 0 Å². The predicted octanol–water partition coefficient (Wildman–Crippen LogP) is 4.31. The smallest absolute Gasteiger partial charge is 0.252 e. The molecule has 0 spiro atoms. The zero-order valence-corrected chi connectivity index (χ0v) is 14.6. The van der Waals surface area contributed by atoms with E-state index in [1.165, 1.54) is 6.07 Å². The molecule has 1 N–H and O–H groups in total. The van der Waals surface area contributed by atoms with Crippen LogP contribution >= 0.6 is 0 Å². The molecule has 0 unspecified atom stereocenters. The van der Waals surface area contributed by atoms with Gasteiger partial charge < -0.3 is 9.73 Å². The summed E-state index contributed by atoms with van der Waals surface area (Å²) in [6, 6.07) is 16.6. The van der Waals surface area contributed by atoms with Gasteiger partial charge in [-0.05, 0) is 30.7 Å². The number of aryl methyl sites for hydroxylation is 1. The highest BCUT2D eigenvalue weighted by molar-refractivity contribution is 5.75. The standard InChI is InChI=1S/C20H16FN5O/c1-13-10-15(11-14-6-3-2-4-7-14)24-20(23-13)25-17-9-5-8-16(21)18(17)19-26-22-12-27-19/h2-10,12H,11H2,1H3,(H,23,24,25). The lowest BCUT2D eigenvalue weighted by atomic mass is 10.1. The number of hydrogen-bond acceptors (Lipinski definition) is 6. The number of aromatic nitrogens is 4. The Bertz CT molecular complexity index is 1050. The van der Waals surface area contributed by atoms with Crippen molar-refractivity contribution in [1.29, 1.82) is 0 Å². The number of rotatable bonds is 5. The monoisotopic (exact) mass is 361 g/mol. The van der Waals surface area contributed by atoms with Crippen LogP contribution < -0.4 is 5.32 Å². The van der Waals surface area contributed by atoms with Crippen molar-refractivity contribution in [2.45, 2.75) is 13.3 Å². The first-order valence-corrected chi connectivity index (χ1v) is 8.39. The first-order chi connectivity index (χ1) is 13.2. The van der Waals surface area contributed by atoms with Crippen LogP contribution in [-0.4, -0.2) is 20.2 Å². The SMILES string of the molecule is Cc1cc(Cc2ccccc2)nc(Nc2cccc(F)c2-c2nnco2)n1. The molecule has 6 nitrogen and oxygen atoms in total. The summed E-state index contributed by atoms with van der Waals surface area (Å²) in [6.45, 7) is 1.89. The summed E-state index contributed by atoms with van der Waals surface area (Å²) >= 11 is 0. The highest BCUT2D eigenvalue weighted by Gasteiger charge is 2.16. The van der Waals surface area contributed by atoms with Crippen molar-refractivity contribution >= 4 is 11.6 Å². The van der Waals surface area contributed by atoms with E-state index in [-0.39, 0.29) is 11.5 Å². The minimum atomic E-state index is -0.471. The second-order valence-corrected chi connectivity index (χ2v) is 6.02. The molecule has 2 heterocycles. The van der Waals surface area contributed by atoms with Crippen molar-refractivity contribution in [3.05, 3.63) is 83.8 Å². The molecular weight excluding hydrogens is 345 g/mol. The number of anilines is 2. The van der Waals surface area contributed by atoms with E-state index in [2.05, 4.69) is 25.5 Å². The Morgan fingerprint density at radius 2 is 1.89 bits per heavy atom. The lowest BCUT2D eigenvalue weighted by molar-refractivity contribution is 0.558. The van der Waals surface area contributed by atoms with Gasteiger partial charge in [0.25, 0.3) is 5.89 Å². The number of nitrogens with one attached hydrogen (secondary N) is 1. The zero-order valence-electron chi connectivity index (χ0n) is 14.6. The Morgan fingerprint density at radius 3 is 2.67 bits per heavy atom. The van der Waals surface area contributed by atoms with Gasteiger partial charge in [0.15, 0.2) is 0 Å². The summed E-state index contributed by atoms with van der Waals surface area (Å²) in [7, 11) is 0. The van der Waals surface area contributed by atoms with Gasteiger partial charge in [-0.15, -0.1) is 10.2 Å². The number of nitrogens with zero attached hydrogens (tertiary/aromatic N) is 4. The van der Waals surface area contributed by atoms with Crippen LogP contribution in [0.4, 0.5) is 16.0 Å². The van der Waals surface area contributed by atoms with Gasteiger partial charge in [0.1, 0.15) is 5.82 Å². The van der Waals surface area contributed by atoms with Crippen molar-refractivity contribution in [3.8, 4) is 11.5 Å². The van der Waals surface area contributed by atoms with Gasteiger partial charge in [0.2, 0.25) is 12.3 Å². The molecule has 7 heteroatoms. The van der Waals surface area contributed by atoms with Gasteiger partial charge in [-0.1, -0.05) is 36.4 Å². The molecule has 0 atom stereocenters. The topological polar surface area (TPSA) is 76.7 Å². The maximum absolute atomic E-state index is 14.4. The van der Waals surface area contributed by atoms with Crippen LogP contribution in [0.15, 0.2) is 65.4 Å². The molecular formula is C20H16FN5O. The molecule has 27 heavy (non-hydrogen) atoms. The van der Waals surface area contributed by atoms with E-state index in [9.17, 15) is 4.39 Å². The molecule has 0 radical (unpaired) electrons.